The van der Waals surface area contributed by atoms with Gasteiger partial charge in [-0.15, -0.1) is 0 Å². The molecule has 6 heteroatoms. The summed E-state index contributed by atoms with van der Waals surface area (Å²) in [4.78, 5) is 11.9. The average molecular weight is 333 g/mol. The van der Waals surface area contributed by atoms with Gasteiger partial charge in [-0.2, -0.15) is 11.8 Å². The van der Waals surface area contributed by atoms with E-state index >= 15 is 0 Å². The summed E-state index contributed by atoms with van der Waals surface area (Å²) in [6.07, 6.45) is 1.81. The molecule has 0 saturated heterocycles. The predicted octanol–water partition coefficient (Wildman–Crippen LogP) is 2.79. The third-order valence-corrected chi connectivity index (χ3v) is 4.44. The summed E-state index contributed by atoms with van der Waals surface area (Å²) in [6, 6.07) is 0.268. The molecule has 1 saturated carbocycles. The molecule has 3 atom stereocenters. The smallest absolute Gasteiger partial charge is 0.407 e. The van der Waals surface area contributed by atoms with E-state index in [0.717, 1.165) is 25.1 Å². The first-order valence-electron chi connectivity index (χ1n) is 8.29. The SMILES string of the molecule is CCOC1CC(NC(=O)OC(C)(C)C)C1NCCCSCC. The first-order chi connectivity index (χ1) is 10.4. The van der Waals surface area contributed by atoms with E-state index in [0.29, 0.717) is 6.61 Å². The van der Waals surface area contributed by atoms with Gasteiger partial charge in [0.2, 0.25) is 0 Å². The van der Waals surface area contributed by atoms with E-state index < -0.39 is 5.60 Å². The molecule has 0 aromatic heterocycles. The Labute approximate surface area is 139 Å². The Balaban J connectivity index is 2.36. The van der Waals surface area contributed by atoms with Gasteiger partial charge < -0.3 is 20.1 Å². The lowest BCUT2D eigenvalue weighted by Gasteiger charge is -2.45. The lowest BCUT2D eigenvalue weighted by atomic mass is 9.82. The van der Waals surface area contributed by atoms with Gasteiger partial charge in [-0.05, 0) is 58.6 Å². The van der Waals surface area contributed by atoms with Crippen LogP contribution in [0.15, 0.2) is 0 Å². The van der Waals surface area contributed by atoms with E-state index in [1.807, 2.05) is 39.5 Å². The fourth-order valence-electron chi connectivity index (χ4n) is 2.46. The summed E-state index contributed by atoms with van der Waals surface area (Å²) < 4.78 is 11.0. The fourth-order valence-corrected chi connectivity index (χ4v) is 3.10. The van der Waals surface area contributed by atoms with Gasteiger partial charge in [0.15, 0.2) is 0 Å². The zero-order valence-corrected chi connectivity index (χ0v) is 15.4. The van der Waals surface area contributed by atoms with Crippen molar-refractivity contribution in [2.75, 3.05) is 24.7 Å². The van der Waals surface area contributed by atoms with Gasteiger partial charge in [0.05, 0.1) is 18.2 Å². The van der Waals surface area contributed by atoms with E-state index in [1.54, 1.807) is 0 Å². The van der Waals surface area contributed by atoms with Gasteiger partial charge in [0.1, 0.15) is 5.60 Å². The van der Waals surface area contributed by atoms with Crippen molar-refractivity contribution in [2.24, 2.45) is 0 Å². The molecule has 1 aliphatic rings. The Hall–Kier alpha value is -0.460. The molecule has 0 spiro atoms. The molecule has 3 unspecified atom stereocenters. The van der Waals surface area contributed by atoms with Crippen LogP contribution < -0.4 is 10.6 Å². The summed E-state index contributed by atoms with van der Waals surface area (Å²) in [5.74, 6) is 2.33. The van der Waals surface area contributed by atoms with Gasteiger partial charge in [0, 0.05) is 6.61 Å². The maximum absolute atomic E-state index is 11.9. The number of hydrogen-bond acceptors (Lipinski definition) is 5. The predicted molar refractivity (Wildman–Crippen MR) is 92.6 cm³/mol. The molecule has 0 aromatic carbocycles. The maximum atomic E-state index is 11.9. The van der Waals surface area contributed by atoms with Crippen LogP contribution in [0.1, 0.15) is 47.5 Å². The zero-order chi connectivity index (χ0) is 16.6. The normalized spacial score (nSPS) is 24.7. The molecular weight excluding hydrogens is 300 g/mol. The highest BCUT2D eigenvalue weighted by molar-refractivity contribution is 7.99. The molecule has 0 bridgehead atoms. The van der Waals surface area contributed by atoms with Crippen LogP contribution in [0.2, 0.25) is 0 Å². The standard InChI is InChI=1S/C16H32N2O3S/c1-6-20-13-11-12(18-15(19)21-16(3,4)5)14(13)17-9-8-10-22-7-2/h12-14,17H,6-11H2,1-5H3,(H,18,19). The Morgan fingerprint density at radius 2 is 2.05 bits per heavy atom. The fraction of sp³-hybridized carbons (Fsp3) is 0.938. The molecule has 0 aromatic rings. The monoisotopic (exact) mass is 332 g/mol. The Morgan fingerprint density at radius 1 is 1.32 bits per heavy atom. The number of hydrogen-bond donors (Lipinski definition) is 2. The second-order valence-electron chi connectivity index (χ2n) is 6.51. The van der Waals surface area contributed by atoms with Crippen LogP contribution in [0.4, 0.5) is 4.79 Å². The van der Waals surface area contributed by atoms with Gasteiger partial charge in [-0.25, -0.2) is 4.79 Å². The van der Waals surface area contributed by atoms with E-state index in [2.05, 4.69) is 17.6 Å². The molecule has 0 aliphatic heterocycles. The van der Waals surface area contributed by atoms with Gasteiger partial charge in [-0.1, -0.05) is 6.92 Å². The molecule has 5 nitrogen and oxygen atoms in total. The highest BCUT2D eigenvalue weighted by atomic mass is 32.2. The quantitative estimate of drug-likeness (QED) is 0.636. The molecule has 1 fully saturated rings. The first-order valence-corrected chi connectivity index (χ1v) is 9.45. The van der Waals surface area contributed by atoms with Crippen molar-refractivity contribution in [3.05, 3.63) is 0 Å². The van der Waals surface area contributed by atoms with E-state index in [9.17, 15) is 4.79 Å². The minimum atomic E-state index is -0.465. The Bertz CT molecular complexity index is 334. The van der Waals surface area contributed by atoms with Gasteiger partial charge in [0.25, 0.3) is 0 Å². The van der Waals surface area contributed by atoms with Crippen LogP contribution in [0, 0.1) is 0 Å². The first kappa shape index (κ1) is 19.6. The van der Waals surface area contributed by atoms with E-state index in [-0.39, 0.29) is 24.3 Å². The molecule has 0 heterocycles. The number of rotatable bonds is 9. The molecule has 130 valence electrons. The Kier molecular flexibility index (Phi) is 8.57. The average Bonchev–Trinajstić information content (AvgIpc) is 2.39. The summed E-state index contributed by atoms with van der Waals surface area (Å²) in [5, 5.41) is 6.48. The van der Waals surface area contributed by atoms with Crippen molar-refractivity contribution < 1.29 is 14.3 Å². The highest BCUT2D eigenvalue weighted by Crippen LogP contribution is 2.25. The minimum absolute atomic E-state index is 0.0882. The topological polar surface area (TPSA) is 59.6 Å². The van der Waals surface area contributed by atoms with Crippen molar-refractivity contribution in [1.82, 2.24) is 10.6 Å². The van der Waals surface area contributed by atoms with Crippen LogP contribution in [0.3, 0.4) is 0 Å². The number of thioether (sulfide) groups is 1. The number of alkyl carbamates (subject to hydrolysis) is 1. The number of carbonyl (C=O) groups is 1. The minimum Gasteiger partial charge on any atom is -0.444 e. The van der Waals surface area contributed by atoms with Crippen molar-refractivity contribution in [3.8, 4) is 0 Å². The third-order valence-electron chi connectivity index (χ3n) is 3.45. The second-order valence-corrected chi connectivity index (χ2v) is 7.91. The van der Waals surface area contributed by atoms with Crippen LogP contribution in [-0.2, 0) is 9.47 Å². The van der Waals surface area contributed by atoms with Crippen molar-refractivity contribution >= 4 is 17.9 Å². The molecule has 1 rings (SSSR count). The van der Waals surface area contributed by atoms with Crippen LogP contribution in [0.25, 0.3) is 0 Å². The van der Waals surface area contributed by atoms with Crippen LogP contribution >= 0.6 is 11.8 Å². The summed E-state index contributed by atoms with van der Waals surface area (Å²) >= 11 is 1.95. The molecule has 1 aliphatic carbocycles. The largest absolute Gasteiger partial charge is 0.444 e. The number of amides is 1. The van der Waals surface area contributed by atoms with Crippen molar-refractivity contribution in [2.45, 2.75) is 71.2 Å². The summed E-state index contributed by atoms with van der Waals surface area (Å²) in [7, 11) is 0. The van der Waals surface area contributed by atoms with E-state index in [4.69, 9.17) is 9.47 Å². The number of carbonyl (C=O) groups excluding carboxylic acids is 1. The Morgan fingerprint density at radius 3 is 2.64 bits per heavy atom. The number of nitrogens with one attached hydrogen (secondary N) is 2. The van der Waals surface area contributed by atoms with E-state index in [1.165, 1.54) is 5.75 Å². The summed E-state index contributed by atoms with van der Waals surface area (Å²) in [6.45, 7) is 11.5. The van der Waals surface area contributed by atoms with Crippen molar-refractivity contribution in [3.63, 3.8) is 0 Å². The molecule has 22 heavy (non-hydrogen) atoms. The lowest BCUT2D eigenvalue weighted by Crippen LogP contribution is -2.66. The number of ether oxygens (including phenoxy) is 2. The zero-order valence-electron chi connectivity index (χ0n) is 14.6. The second kappa shape index (κ2) is 9.63. The lowest BCUT2D eigenvalue weighted by molar-refractivity contribution is -0.0430. The molecule has 0 radical (unpaired) electrons. The van der Waals surface area contributed by atoms with Crippen LogP contribution in [-0.4, -0.2) is 54.5 Å². The van der Waals surface area contributed by atoms with Crippen molar-refractivity contribution in [1.29, 1.82) is 0 Å². The molecule has 2 N–H and O–H groups in total. The molecule has 1 amide bonds. The van der Waals surface area contributed by atoms with Gasteiger partial charge in [-0.3, -0.25) is 0 Å². The third kappa shape index (κ3) is 7.20. The summed E-state index contributed by atoms with van der Waals surface area (Å²) in [5.41, 5.74) is -0.465. The van der Waals surface area contributed by atoms with Crippen LogP contribution in [0.5, 0.6) is 0 Å². The molecular formula is C16H32N2O3S. The maximum Gasteiger partial charge on any atom is 0.407 e. The highest BCUT2D eigenvalue weighted by Gasteiger charge is 2.42. The van der Waals surface area contributed by atoms with Gasteiger partial charge >= 0.3 is 6.09 Å².